The van der Waals surface area contributed by atoms with Crippen LogP contribution in [0, 0.1) is 5.82 Å². The SMILES string of the molecule is C[C@@H]1CN(c2c(CO[Si](c3ccccc3)(c3ccccc3)C(C)(C)C)nc(C(=O)c3cnc(Br)s3)c(F)c2Cl)C[C@H](C)O1. The highest BCUT2D eigenvalue weighted by Crippen LogP contribution is 2.40. The molecule has 43 heavy (non-hydrogen) atoms. The standard InChI is InChI=1S/C32H34BrClFN3O3SSi/c1-20-17-38(18-21(2)41-20)29-24(37-28(27(35)26(29)34)30(39)25-16-36-31(33)42-25)19-40-43(32(3,4)5,22-12-8-6-9-13-22)23-14-10-7-11-15-23/h6-16,20-21H,17-19H2,1-5H3/t20-,21+. The smallest absolute Gasteiger partial charge is 0.261 e. The van der Waals surface area contributed by atoms with Gasteiger partial charge >= 0.3 is 0 Å². The summed E-state index contributed by atoms with van der Waals surface area (Å²) in [5, 5.41) is 1.75. The molecule has 0 aliphatic carbocycles. The van der Waals surface area contributed by atoms with Gasteiger partial charge in [0, 0.05) is 13.1 Å². The summed E-state index contributed by atoms with van der Waals surface area (Å²) in [6.07, 6.45) is 1.19. The number of rotatable bonds is 8. The maximum Gasteiger partial charge on any atom is 0.261 e. The first-order valence-corrected chi connectivity index (χ1v) is 18.0. The van der Waals surface area contributed by atoms with Gasteiger partial charge in [0.2, 0.25) is 5.78 Å². The van der Waals surface area contributed by atoms with Crippen LogP contribution in [0.15, 0.2) is 70.8 Å². The second-order valence-electron chi connectivity index (χ2n) is 11.8. The van der Waals surface area contributed by atoms with Crippen LogP contribution in [-0.2, 0) is 15.8 Å². The number of carbonyl (C=O) groups excluding carboxylic acids is 1. The van der Waals surface area contributed by atoms with E-state index >= 15 is 4.39 Å². The van der Waals surface area contributed by atoms with Gasteiger partial charge < -0.3 is 14.1 Å². The molecule has 4 aromatic rings. The van der Waals surface area contributed by atoms with Gasteiger partial charge in [-0.1, -0.05) is 93.0 Å². The van der Waals surface area contributed by atoms with Crippen LogP contribution in [0.5, 0.6) is 0 Å². The number of ether oxygens (including phenoxy) is 1. The topological polar surface area (TPSA) is 64.5 Å². The third-order valence-corrected chi connectivity index (χ3v) is 14.4. The molecule has 1 aliphatic rings. The number of nitrogens with zero attached hydrogens (tertiary/aromatic N) is 3. The molecule has 0 spiro atoms. The second-order valence-corrected chi connectivity index (χ2v) is 18.8. The Bertz CT molecular complexity index is 1550. The van der Waals surface area contributed by atoms with Crippen molar-refractivity contribution in [3.63, 3.8) is 0 Å². The van der Waals surface area contributed by atoms with Crippen molar-refractivity contribution in [1.82, 2.24) is 9.97 Å². The fraction of sp³-hybridized carbons (Fsp3) is 0.344. The second kappa shape index (κ2) is 12.9. The summed E-state index contributed by atoms with van der Waals surface area (Å²) in [7, 11) is -2.99. The Balaban J connectivity index is 1.68. The summed E-state index contributed by atoms with van der Waals surface area (Å²) in [4.78, 5) is 24.5. The van der Waals surface area contributed by atoms with Gasteiger partial charge in [0.15, 0.2) is 9.73 Å². The van der Waals surface area contributed by atoms with E-state index in [1.165, 1.54) is 6.20 Å². The van der Waals surface area contributed by atoms with Gasteiger partial charge in [-0.2, -0.15) is 0 Å². The van der Waals surface area contributed by atoms with E-state index in [4.69, 9.17) is 20.8 Å². The number of thiazole rings is 1. The van der Waals surface area contributed by atoms with E-state index in [-0.39, 0.29) is 39.4 Å². The summed E-state index contributed by atoms with van der Waals surface area (Å²) in [6.45, 7) is 11.5. The summed E-state index contributed by atoms with van der Waals surface area (Å²) in [6, 6.07) is 20.5. The van der Waals surface area contributed by atoms with Crippen LogP contribution < -0.4 is 15.3 Å². The van der Waals surface area contributed by atoms with E-state index in [1.54, 1.807) is 0 Å². The van der Waals surface area contributed by atoms with Crippen molar-refractivity contribution in [2.24, 2.45) is 0 Å². The first-order valence-electron chi connectivity index (χ1n) is 14.1. The zero-order chi connectivity index (χ0) is 30.9. The van der Waals surface area contributed by atoms with Crippen molar-refractivity contribution in [2.75, 3.05) is 18.0 Å². The molecule has 3 heterocycles. The van der Waals surface area contributed by atoms with Gasteiger partial charge in [-0.05, 0) is 45.2 Å². The number of carbonyl (C=O) groups is 1. The van der Waals surface area contributed by atoms with Crippen molar-refractivity contribution in [3.05, 3.63) is 97.9 Å². The van der Waals surface area contributed by atoms with E-state index in [2.05, 4.69) is 70.9 Å². The molecule has 1 fully saturated rings. The average Bonchev–Trinajstić information content (AvgIpc) is 3.41. The average molecular weight is 703 g/mol. The lowest BCUT2D eigenvalue weighted by atomic mass is 10.1. The van der Waals surface area contributed by atoms with E-state index in [0.29, 0.717) is 28.4 Å². The predicted octanol–water partition coefficient (Wildman–Crippen LogP) is 7.01. The van der Waals surface area contributed by atoms with Gasteiger partial charge in [-0.3, -0.25) is 4.79 Å². The van der Waals surface area contributed by atoms with Crippen molar-refractivity contribution in [1.29, 1.82) is 0 Å². The molecule has 5 rings (SSSR count). The highest BCUT2D eigenvalue weighted by molar-refractivity contribution is 9.11. The fourth-order valence-corrected chi connectivity index (χ4v) is 12.0. The van der Waals surface area contributed by atoms with Gasteiger partial charge in [-0.15, -0.1) is 11.3 Å². The molecule has 2 aromatic carbocycles. The Morgan fingerprint density at radius 3 is 2.14 bits per heavy atom. The Morgan fingerprint density at radius 2 is 1.65 bits per heavy atom. The Labute approximate surface area is 270 Å². The number of morpholine rings is 1. The molecule has 0 unspecified atom stereocenters. The maximum atomic E-state index is 16.0. The number of anilines is 1. The number of aromatic nitrogens is 2. The van der Waals surface area contributed by atoms with E-state index in [0.717, 1.165) is 21.7 Å². The third-order valence-electron chi connectivity index (χ3n) is 7.62. The minimum absolute atomic E-state index is 0.0232. The van der Waals surface area contributed by atoms with Crippen LogP contribution in [0.4, 0.5) is 10.1 Å². The molecular weight excluding hydrogens is 669 g/mol. The summed E-state index contributed by atoms with van der Waals surface area (Å²) in [5.74, 6) is -1.43. The third kappa shape index (κ3) is 6.36. The number of hydrogen-bond acceptors (Lipinski definition) is 7. The lowest BCUT2D eigenvalue weighted by Gasteiger charge is -2.43. The Morgan fingerprint density at radius 1 is 1.09 bits per heavy atom. The van der Waals surface area contributed by atoms with Crippen LogP contribution in [0.2, 0.25) is 10.1 Å². The zero-order valence-corrected chi connectivity index (χ0v) is 28.9. The molecule has 0 saturated carbocycles. The quantitative estimate of drug-likeness (QED) is 0.145. The minimum Gasteiger partial charge on any atom is -0.401 e. The predicted molar refractivity (Wildman–Crippen MR) is 177 cm³/mol. The summed E-state index contributed by atoms with van der Waals surface area (Å²) < 4.78 is 29.7. The molecule has 2 aromatic heterocycles. The highest BCUT2D eigenvalue weighted by Gasteiger charge is 2.50. The van der Waals surface area contributed by atoms with E-state index in [9.17, 15) is 4.79 Å². The van der Waals surface area contributed by atoms with Gasteiger partial charge in [-0.25, -0.2) is 14.4 Å². The normalized spacial score (nSPS) is 17.7. The van der Waals surface area contributed by atoms with Gasteiger partial charge in [0.05, 0.1) is 41.3 Å². The van der Waals surface area contributed by atoms with Crippen LogP contribution in [0.1, 0.15) is 55.7 Å². The fourth-order valence-electron chi connectivity index (χ4n) is 5.92. The molecule has 0 amide bonds. The molecule has 1 saturated heterocycles. The monoisotopic (exact) mass is 701 g/mol. The molecule has 2 atom stereocenters. The summed E-state index contributed by atoms with van der Waals surface area (Å²) in [5.41, 5.74) is 0.494. The molecular formula is C32H34BrClFN3O3SSi. The largest absolute Gasteiger partial charge is 0.401 e. The molecule has 1 aliphatic heterocycles. The number of pyridine rings is 1. The Kier molecular flexibility index (Phi) is 9.56. The van der Waals surface area contributed by atoms with Crippen LogP contribution in [0.3, 0.4) is 0 Å². The molecule has 6 nitrogen and oxygen atoms in total. The van der Waals surface area contributed by atoms with Crippen molar-refractivity contribution in [2.45, 2.75) is 58.5 Å². The van der Waals surface area contributed by atoms with E-state index in [1.807, 2.05) is 55.1 Å². The number of halogens is 3. The molecule has 0 bridgehead atoms. The minimum atomic E-state index is -2.99. The summed E-state index contributed by atoms with van der Waals surface area (Å²) >= 11 is 11.2. The number of hydrogen-bond donors (Lipinski definition) is 0. The van der Waals surface area contributed by atoms with Crippen molar-refractivity contribution in [3.8, 4) is 0 Å². The van der Waals surface area contributed by atoms with Crippen LogP contribution in [-0.4, -0.2) is 49.4 Å². The van der Waals surface area contributed by atoms with Crippen LogP contribution >= 0.6 is 38.9 Å². The lowest BCUT2D eigenvalue weighted by molar-refractivity contribution is -0.00535. The van der Waals surface area contributed by atoms with Gasteiger partial charge in [0.1, 0.15) is 10.7 Å². The first kappa shape index (κ1) is 31.9. The van der Waals surface area contributed by atoms with Crippen LogP contribution in [0.25, 0.3) is 0 Å². The maximum absolute atomic E-state index is 16.0. The highest BCUT2D eigenvalue weighted by atomic mass is 79.9. The number of ketones is 1. The van der Waals surface area contributed by atoms with E-state index < -0.39 is 19.9 Å². The van der Waals surface area contributed by atoms with Crippen molar-refractivity contribution >= 4 is 69.0 Å². The van der Waals surface area contributed by atoms with Gasteiger partial charge in [0.25, 0.3) is 8.32 Å². The Hall–Kier alpha value is -2.47. The molecule has 226 valence electrons. The zero-order valence-electron chi connectivity index (χ0n) is 24.7. The first-order chi connectivity index (χ1) is 20.4. The molecule has 0 N–H and O–H groups in total. The number of benzene rings is 2. The molecule has 0 radical (unpaired) electrons. The van der Waals surface area contributed by atoms with Crippen molar-refractivity contribution < 1.29 is 18.3 Å². The molecule has 11 heteroatoms. The lowest BCUT2D eigenvalue weighted by Crippen LogP contribution is -2.66.